The highest BCUT2D eigenvalue weighted by Crippen LogP contribution is 2.24. The average molecular weight is 495 g/mol. The molecular weight excluding hydrogens is 456 g/mol. The van der Waals surface area contributed by atoms with E-state index < -0.39 is 92.0 Å². The molecule has 0 bridgehead atoms. The maximum Gasteiger partial charge on any atom is 0.223 e. The molecule has 2 heterocycles. The highest BCUT2D eigenvalue weighted by atomic mass is 16.6. The van der Waals surface area contributed by atoms with Gasteiger partial charge in [0.1, 0.15) is 42.7 Å². The minimum Gasteiger partial charge on any atom is -0.394 e. The lowest BCUT2D eigenvalue weighted by molar-refractivity contribution is -0.254. The Balaban J connectivity index is 1.95. The normalized spacial score (nSPS) is 39.5. The third-order valence-electron chi connectivity index (χ3n) is 6.53. The minimum absolute atomic E-state index is 0.0940. The van der Waals surface area contributed by atoms with Gasteiger partial charge in [0.25, 0.3) is 0 Å². The molecule has 0 aromatic carbocycles. The van der Waals surface area contributed by atoms with Crippen LogP contribution in [-0.2, 0) is 19.1 Å². The number of hydrogen-bond acceptors (Lipinski definition) is 11. The Morgan fingerprint density at radius 3 is 1.88 bits per heavy atom. The van der Waals surface area contributed by atoms with Crippen molar-refractivity contribution in [2.75, 3.05) is 13.2 Å². The second-order valence-corrected chi connectivity index (χ2v) is 9.29. The lowest BCUT2D eigenvalue weighted by atomic mass is 9.88. The van der Waals surface area contributed by atoms with E-state index in [1.165, 1.54) is 0 Å². The van der Waals surface area contributed by atoms with Gasteiger partial charge in [-0.1, -0.05) is 13.8 Å². The SMILES string of the molecule is CC(C)C(CCC(=O)N[C@H]1C(C)O[C@H](CO)[C@@H](O)[C@@H]1O)C(=O)NC1[C@H](O)OC(CO)[C@@H](O)[C@H]1O. The van der Waals surface area contributed by atoms with Crippen molar-refractivity contribution in [2.24, 2.45) is 11.8 Å². The van der Waals surface area contributed by atoms with Crippen molar-refractivity contribution in [1.82, 2.24) is 10.6 Å². The summed E-state index contributed by atoms with van der Waals surface area (Å²) in [6.07, 6.45) is -10.3. The van der Waals surface area contributed by atoms with Gasteiger partial charge in [-0.25, -0.2) is 0 Å². The molecular formula is C21H38N2O11. The van der Waals surface area contributed by atoms with Crippen LogP contribution < -0.4 is 10.6 Å². The largest absolute Gasteiger partial charge is 0.394 e. The fourth-order valence-electron chi connectivity index (χ4n) is 4.34. The summed E-state index contributed by atoms with van der Waals surface area (Å²) in [4.78, 5) is 25.4. The van der Waals surface area contributed by atoms with Crippen LogP contribution in [0.5, 0.6) is 0 Å². The summed E-state index contributed by atoms with van der Waals surface area (Å²) >= 11 is 0. The summed E-state index contributed by atoms with van der Waals surface area (Å²) < 4.78 is 10.5. The molecule has 13 nitrogen and oxygen atoms in total. The molecule has 2 aliphatic rings. The molecule has 11 atom stereocenters. The summed E-state index contributed by atoms with van der Waals surface area (Å²) in [6.45, 7) is 3.99. The van der Waals surface area contributed by atoms with Crippen LogP contribution in [0.4, 0.5) is 0 Å². The van der Waals surface area contributed by atoms with E-state index in [1.807, 2.05) is 0 Å². The van der Waals surface area contributed by atoms with Crippen molar-refractivity contribution in [3.8, 4) is 0 Å². The Bertz CT molecular complexity index is 681. The number of rotatable bonds is 9. The number of ether oxygens (including phenoxy) is 2. The summed E-state index contributed by atoms with van der Waals surface area (Å²) in [6, 6.07) is -2.25. The lowest BCUT2D eigenvalue weighted by Gasteiger charge is -2.41. The third kappa shape index (κ3) is 6.62. The molecule has 2 saturated heterocycles. The predicted octanol–water partition coefficient (Wildman–Crippen LogP) is -4.06. The van der Waals surface area contributed by atoms with Gasteiger partial charge < -0.3 is 55.9 Å². The molecule has 4 unspecified atom stereocenters. The van der Waals surface area contributed by atoms with Crippen LogP contribution in [0.3, 0.4) is 0 Å². The Labute approximate surface area is 197 Å². The molecule has 2 fully saturated rings. The Morgan fingerprint density at radius 1 is 0.824 bits per heavy atom. The monoisotopic (exact) mass is 494 g/mol. The molecule has 0 aliphatic carbocycles. The van der Waals surface area contributed by atoms with Crippen molar-refractivity contribution in [2.45, 2.75) is 94.7 Å². The van der Waals surface area contributed by atoms with Crippen molar-refractivity contribution in [1.29, 1.82) is 0 Å². The summed E-state index contributed by atoms with van der Waals surface area (Å²) in [7, 11) is 0. The number of carbonyl (C=O) groups is 2. The van der Waals surface area contributed by atoms with Crippen molar-refractivity contribution in [3.05, 3.63) is 0 Å². The van der Waals surface area contributed by atoms with Gasteiger partial charge in [-0.3, -0.25) is 9.59 Å². The standard InChI is InChI=1S/C21H38N2O11/c1-8(2)10(20(31)23-15-19(30)17(28)12(7-25)34-21(15)32)4-5-13(26)22-14-9(3)33-11(6-24)16(27)18(14)29/h8-12,14-19,21,24-25,27-30,32H,4-7H2,1-3H3,(H,22,26)(H,23,31)/t9?,10?,11-,12?,14+,15?,16-,17-,18-,19+,21-/m1/s1. The van der Waals surface area contributed by atoms with Gasteiger partial charge in [-0.15, -0.1) is 0 Å². The Hall–Kier alpha value is -1.42. The zero-order chi connectivity index (χ0) is 25.7. The maximum absolute atomic E-state index is 12.9. The highest BCUT2D eigenvalue weighted by molar-refractivity contribution is 5.81. The van der Waals surface area contributed by atoms with E-state index in [0.717, 1.165) is 0 Å². The van der Waals surface area contributed by atoms with E-state index >= 15 is 0 Å². The topological polar surface area (TPSA) is 218 Å². The quantitative estimate of drug-likeness (QED) is 0.150. The van der Waals surface area contributed by atoms with Crippen molar-refractivity contribution < 1.29 is 54.8 Å². The second-order valence-electron chi connectivity index (χ2n) is 9.29. The van der Waals surface area contributed by atoms with Crippen LogP contribution in [0, 0.1) is 11.8 Å². The summed E-state index contributed by atoms with van der Waals surface area (Å²) in [5.41, 5.74) is 0. The van der Waals surface area contributed by atoms with E-state index in [1.54, 1.807) is 20.8 Å². The molecule has 13 heteroatoms. The molecule has 0 radical (unpaired) electrons. The molecule has 0 saturated carbocycles. The Morgan fingerprint density at radius 2 is 1.35 bits per heavy atom. The first kappa shape index (κ1) is 28.8. The first-order valence-electron chi connectivity index (χ1n) is 11.5. The second kappa shape index (κ2) is 12.5. The molecule has 2 rings (SSSR count). The zero-order valence-electron chi connectivity index (χ0n) is 19.5. The van der Waals surface area contributed by atoms with Crippen LogP contribution in [0.1, 0.15) is 33.6 Å². The molecule has 0 spiro atoms. The molecule has 0 aromatic heterocycles. The number of aliphatic hydroxyl groups is 7. The molecule has 0 aromatic rings. The molecule has 34 heavy (non-hydrogen) atoms. The fraction of sp³-hybridized carbons (Fsp3) is 0.905. The number of hydrogen-bond donors (Lipinski definition) is 9. The van der Waals surface area contributed by atoms with Crippen molar-refractivity contribution >= 4 is 11.8 Å². The van der Waals surface area contributed by atoms with Gasteiger partial charge in [0, 0.05) is 12.3 Å². The van der Waals surface area contributed by atoms with Gasteiger partial charge in [0.05, 0.1) is 25.4 Å². The highest BCUT2D eigenvalue weighted by Gasteiger charge is 2.45. The van der Waals surface area contributed by atoms with Crippen molar-refractivity contribution in [3.63, 3.8) is 0 Å². The molecule has 2 aliphatic heterocycles. The van der Waals surface area contributed by atoms with E-state index in [0.29, 0.717) is 0 Å². The number of amides is 2. The lowest BCUT2D eigenvalue weighted by Crippen LogP contribution is -2.64. The average Bonchev–Trinajstić information content (AvgIpc) is 2.78. The number of aliphatic hydroxyl groups excluding tert-OH is 7. The van der Waals surface area contributed by atoms with Gasteiger partial charge in [-0.05, 0) is 19.3 Å². The minimum atomic E-state index is -1.65. The van der Waals surface area contributed by atoms with Gasteiger partial charge in [0.2, 0.25) is 11.8 Å². The van der Waals surface area contributed by atoms with Gasteiger partial charge >= 0.3 is 0 Å². The van der Waals surface area contributed by atoms with Crippen LogP contribution in [0.15, 0.2) is 0 Å². The van der Waals surface area contributed by atoms with E-state index in [-0.39, 0.29) is 18.8 Å². The van der Waals surface area contributed by atoms with Gasteiger partial charge in [-0.2, -0.15) is 0 Å². The summed E-state index contributed by atoms with van der Waals surface area (Å²) in [5, 5.41) is 74.1. The fourth-order valence-corrected chi connectivity index (χ4v) is 4.34. The first-order chi connectivity index (χ1) is 15.9. The van der Waals surface area contributed by atoms with E-state index in [4.69, 9.17) is 14.6 Å². The Kier molecular flexibility index (Phi) is 10.6. The van der Waals surface area contributed by atoms with E-state index in [2.05, 4.69) is 10.6 Å². The predicted molar refractivity (Wildman–Crippen MR) is 115 cm³/mol. The third-order valence-corrected chi connectivity index (χ3v) is 6.53. The molecule has 198 valence electrons. The molecule has 9 N–H and O–H groups in total. The number of carbonyl (C=O) groups excluding carboxylic acids is 2. The van der Waals surface area contributed by atoms with E-state index in [9.17, 15) is 40.2 Å². The molecule has 2 amide bonds. The smallest absolute Gasteiger partial charge is 0.223 e. The van der Waals surface area contributed by atoms with Crippen LogP contribution >= 0.6 is 0 Å². The maximum atomic E-state index is 12.9. The number of nitrogens with one attached hydrogen (secondary N) is 2. The van der Waals surface area contributed by atoms with Crippen LogP contribution in [0.25, 0.3) is 0 Å². The zero-order valence-corrected chi connectivity index (χ0v) is 19.5. The van der Waals surface area contributed by atoms with Crippen LogP contribution in [0.2, 0.25) is 0 Å². The summed E-state index contributed by atoms with van der Waals surface area (Å²) in [5.74, 6) is -1.99. The van der Waals surface area contributed by atoms with Gasteiger partial charge in [0.15, 0.2) is 6.29 Å². The first-order valence-corrected chi connectivity index (χ1v) is 11.5. The van der Waals surface area contributed by atoms with Crippen LogP contribution in [-0.4, -0.2) is 122 Å².